The van der Waals surface area contributed by atoms with Gasteiger partial charge in [0, 0.05) is 13.7 Å². The summed E-state index contributed by atoms with van der Waals surface area (Å²) < 4.78 is 5.03. The van der Waals surface area contributed by atoms with E-state index in [2.05, 4.69) is 4.90 Å². The normalized spacial score (nSPS) is 21.8. The topological polar surface area (TPSA) is 32.7 Å². The van der Waals surface area contributed by atoms with Gasteiger partial charge in [-0.15, -0.1) is 0 Å². The van der Waals surface area contributed by atoms with Crippen molar-refractivity contribution in [2.45, 2.75) is 38.7 Å². The van der Waals surface area contributed by atoms with E-state index in [0.717, 1.165) is 39.0 Å². The number of nitrogens with zero attached hydrogens (tertiary/aromatic N) is 1. The van der Waals surface area contributed by atoms with E-state index in [1.165, 1.54) is 13.0 Å². The number of hydrogen-bond donors (Lipinski definition) is 1. The van der Waals surface area contributed by atoms with Gasteiger partial charge in [-0.05, 0) is 58.2 Å². The molecule has 3 nitrogen and oxygen atoms in total. The number of piperidine rings is 1. The molecule has 0 radical (unpaired) electrons. The molecular formula is C12H25NO2. The van der Waals surface area contributed by atoms with Crippen molar-refractivity contribution >= 4 is 0 Å². The molecule has 1 saturated heterocycles. The number of hydrogen-bond acceptors (Lipinski definition) is 3. The largest absolute Gasteiger partial charge is 0.393 e. The molecule has 15 heavy (non-hydrogen) atoms. The Morgan fingerprint density at radius 1 is 1.33 bits per heavy atom. The van der Waals surface area contributed by atoms with Gasteiger partial charge in [-0.3, -0.25) is 0 Å². The van der Waals surface area contributed by atoms with Crippen LogP contribution in [-0.2, 0) is 4.74 Å². The Morgan fingerprint density at radius 2 is 2.00 bits per heavy atom. The highest BCUT2D eigenvalue weighted by atomic mass is 16.5. The third-order valence-corrected chi connectivity index (χ3v) is 3.39. The summed E-state index contributed by atoms with van der Waals surface area (Å²) in [6, 6.07) is 0. The summed E-state index contributed by atoms with van der Waals surface area (Å²) in [4.78, 5) is 2.51. The van der Waals surface area contributed by atoms with Crippen LogP contribution in [0.15, 0.2) is 0 Å². The predicted octanol–water partition coefficient (Wildman–Crippen LogP) is 1.51. The summed E-state index contributed by atoms with van der Waals surface area (Å²) in [5.41, 5.74) is 0. The molecule has 0 aliphatic carbocycles. The van der Waals surface area contributed by atoms with Crippen molar-refractivity contribution in [2.24, 2.45) is 5.92 Å². The molecule has 0 spiro atoms. The number of ether oxygens (including phenoxy) is 1. The van der Waals surface area contributed by atoms with Gasteiger partial charge in [0.1, 0.15) is 0 Å². The molecule has 1 heterocycles. The average molecular weight is 215 g/mol. The van der Waals surface area contributed by atoms with E-state index in [1.807, 2.05) is 6.92 Å². The Balaban J connectivity index is 2.04. The highest BCUT2D eigenvalue weighted by Gasteiger charge is 2.21. The number of methoxy groups -OCH3 is 1. The molecule has 0 amide bonds. The molecule has 0 aromatic carbocycles. The van der Waals surface area contributed by atoms with E-state index in [9.17, 15) is 5.11 Å². The molecule has 1 aliphatic heterocycles. The van der Waals surface area contributed by atoms with Gasteiger partial charge in [-0.1, -0.05) is 0 Å². The average Bonchev–Trinajstić information content (AvgIpc) is 2.25. The summed E-state index contributed by atoms with van der Waals surface area (Å²) in [5.74, 6) is 0.528. The van der Waals surface area contributed by atoms with Gasteiger partial charge in [0.2, 0.25) is 0 Å². The Kier molecular flexibility index (Phi) is 6.22. The van der Waals surface area contributed by atoms with Gasteiger partial charge in [0.05, 0.1) is 6.10 Å². The monoisotopic (exact) mass is 215 g/mol. The third kappa shape index (κ3) is 4.96. The molecular weight excluding hydrogens is 190 g/mol. The Hall–Kier alpha value is -0.120. The number of aliphatic hydroxyl groups is 1. The van der Waals surface area contributed by atoms with Crippen LogP contribution in [0.3, 0.4) is 0 Å². The molecule has 0 bridgehead atoms. The smallest absolute Gasteiger partial charge is 0.0541 e. The van der Waals surface area contributed by atoms with Crippen molar-refractivity contribution in [3.63, 3.8) is 0 Å². The van der Waals surface area contributed by atoms with E-state index in [-0.39, 0.29) is 6.10 Å². The lowest BCUT2D eigenvalue weighted by Crippen LogP contribution is -2.37. The van der Waals surface area contributed by atoms with E-state index < -0.39 is 0 Å². The Bertz CT molecular complexity index is 154. The molecule has 0 saturated carbocycles. The van der Waals surface area contributed by atoms with Crippen molar-refractivity contribution in [3.8, 4) is 0 Å². The second-order valence-electron chi connectivity index (χ2n) is 4.62. The minimum absolute atomic E-state index is 0.124. The van der Waals surface area contributed by atoms with Crippen LogP contribution in [0.2, 0.25) is 0 Å². The first-order valence-corrected chi connectivity index (χ1v) is 6.13. The molecule has 1 atom stereocenters. The predicted molar refractivity (Wildman–Crippen MR) is 62.0 cm³/mol. The molecule has 1 rings (SSSR count). The number of aliphatic hydroxyl groups excluding tert-OH is 1. The molecule has 0 aromatic heterocycles. The fourth-order valence-electron chi connectivity index (χ4n) is 2.24. The van der Waals surface area contributed by atoms with Crippen LogP contribution in [0, 0.1) is 5.92 Å². The molecule has 1 N–H and O–H groups in total. The number of likely N-dealkylation sites (tertiary alicyclic amines) is 1. The highest BCUT2D eigenvalue weighted by molar-refractivity contribution is 4.75. The Labute approximate surface area is 93.4 Å². The Morgan fingerprint density at radius 3 is 2.53 bits per heavy atom. The van der Waals surface area contributed by atoms with Crippen LogP contribution in [-0.4, -0.2) is 49.5 Å². The molecule has 1 aliphatic rings. The summed E-state index contributed by atoms with van der Waals surface area (Å²) in [6.07, 6.45) is 4.57. The number of rotatable bonds is 6. The third-order valence-electron chi connectivity index (χ3n) is 3.39. The lowest BCUT2D eigenvalue weighted by atomic mass is 9.92. The van der Waals surface area contributed by atoms with E-state index in [0.29, 0.717) is 5.92 Å². The van der Waals surface area contributed by atoms with E-state index >= 15 is 0 Å². The van der Waals surface area contributed by atoms with Crippen molar-refractivity contribution in [2.75, 3.05) is 33.4 Å². The SMILES string of the molecule is COCCCCN1CCC(C(C)O)CC1. The molecule has 90 valence electrons. The van der Waals surface area contributed by atoms with Crippen LogP contribution in [0.5, 0.6) is 0 Å². The zero-order valence-corrected chi connectivity index (χ0v) is 10.1. The van der Waals surface area contributed by atoms with Crippen molar-refractivity contribution in [1.29, 1.82) is 0 Å². The fourth-order valence-corrected chi connectivity index (χ4v) is 2.24. The lowest BCUT2D eigenvalue weighted by molar-refractivity contribution is 0.0705. The van der Waals surface area contributed by atoms with E-state index in [4.69, 9.17) is 4.74 Å². The van der Waals surface area contributed by atoms with Crippen molar-refractivity contribution < 1.29 is 9.84 Å². The minimum Gasteiger partial charge on any atom is -0.393 e. The molecule has 3 heteroatoms. The van der Waals surface area contributed by atoms with Gasteiger partial charge in [0.15, 0.2) is 0 Å². The van der Waals surface area contributed by atoms with Crippen LogP contribution in [0.4, 0.5) is 0 Å². The number of unbranched alkanes of at least 4 members (excludes halogenated alkanes) is 1. The second kappa shape index (κ2) is 7.20. The van der Waals surface area contributed by atoms with Gasteiger partial charge in [-0.2, -0.15) is 0 Å². The van der Waals surface area contributed by atoms with Crippen LogP contribution in [0.25, 0.3) is 0 Å². The summed E-state index contributed by atoms with van der Waals surface area (Å²) in [7, 11) is 1.76. The fraction of sp³-hybridized carbons (Fsp3) is 1.00. The van der Waals surface area contributed by atoms with E-state index in [1.54, 1.807) is 7.11 Å². The van der Waals surface area contributed by atoms with Crippen molar-refractivity contribution in [1.82, 2.24) is 4.90 Å². The maximum Gasteiger partial charge on any atom is 0.0541 e. The lowest BCUT2D eigenvalue weighted by Gasteiger charge is -2.33. The molecule has 0 aromatic rings. The van der Waals surface area contributed by atoms with Crippen molar-refractivity contribution in [3.05, 3.63) is 0 Å². The standard InChI is InChI=1S/C12H25NO2/c1-11(14)12-5-8-13(9-6-12)7-3-4-10-15-2/h11-12,14H,3-10H2,1-2H3. The first kappa shape index (κ1) is 12.9. The van der Waals surface area contributed by atoms with Gasteiger partial charge in [-0.25, -0.2) is 0 Å². The van der Waals surface area contributed by atoms with Gasteiger partial charge < -0.3 is 14.7 Å². The maximum absolute atomic E-state index is 9.47. The zero-order valence-electron chi connectivity index (χ0n) is 10.1. The molecule has 1 fully saturated rings. The maximum atomic E-state index is 9.47. The highest BCUT2D eigenvalue weighted by Crippen LogP contribution is 2.20. The second-order valence-corrected chi connectivity index (χ2v) is 4.62. The quantitative estimate of drug-likeness (QED) is 0.682. The van der Waals surface area contributed by atoms with Crippen LogP contribution < -0.4 is 0 Å². The van der Waals surface area contributed by atoms with Crippen LogP contribution in [0.1, 0.15) is 32.6 Å². The first-order valence-electron chi connectivity index (χ1n) is 6.13. The molecule has 1 unspecified atom stereocenters. The minimum atomic E-state index is -0.124. The van der Waals surface area contributed by atoms with Gasteiger partial charge in [0.25, 0.3) is 0 Å². The summed E-state index contributed by atoms with van der Waals surface area (Å²) in [6.45, 7) is 6.30. The zero-order chi connectivity index (χ0) is 11.1. The summed E-state index contributed by atoms with van der Waals surface area (Å²) in [5, 5.41) is 9.47. The van der Waals surface area contributed by atoms with Gasteiger partial charge >= 0.3 is 0 Å². The first-order chi connectivity index (χ1) is 7.24. The summed E-state index contributed by atoms with van der Waals surface area (Å²) >= 11 is 0. The van der Waals surface area contributed by atoms with Crippen LogP contribution >= 0.6 is 0 Å².